The summed E-state index contributed by atoms with van der Waals surface area (Å²) in [6.45, 7) is 0.466. The van der Waals surface area contributed by atoms with E-state index in [0.29, 0.717) is 6.54 Å². The molecule has 156 valence electrons. The summed E-state index contributed by atoms with van der Waals surface area (Å²) in [4.78, 5) is 36.0. The van der Waals surface area contributed by atoms with Gasteiger partial charge in [-0.1, -0.05) is 30.3 Å². The van der Waals surface area contributed by atoms with Gasteiger partial charge in [-0.15, -0.1) is 11.8 Å². The molecule has 0 bridgehead atoms. The molecule has 3 aromatic rings. The zero-order valence-electron chi connectivity index (χ0n) is 16.3. The second kappa shape index (κ2) is 7.35. The number of hydrogen-bond donors (Lipinski definition) is 0. The number of amides is 1. The van der Waals surface area contributed by atoms with Gasteiger partial charge in [-0.2, -0.15) is 0 Å². The van der Waals surface area contributed by atoms with E-state index in [2.05, 4.69) is 24.3 Å². The topological polar surface area (TPSA) is 107 Å². The summed E-state index contributed by atoms with van der Waals surface area (Å²) in [6, 6.07) is 13.5. The Morgan fingerprint density at radius 1 is 0.968 bits per heavy atom. The fourth-order valence-corrected chi connectivity index (χ4v) is 5.81. The SMILES string of the molecule is O=C(c1cc([N+](=O)[O-])cc([N+](=O)[O-])c1)N1CCS[C@@H]1c1ccc2c3c(cccc13)CC2. The van der Waals surface area contributed by atoms with Gasteiger partial charge in [0.05, 0.1) is 21.5 Å². The molecule has 1 saturated heterocycles. The van der Waals surface area contributed by atoms with Crippen molar-refractivity contribution in [3.05, 3.63) is 91.0 Å². The van der Waals surface area contributed by atoms with Gasteiger partial charge < -0.3 is 4.90 Å². The first kappa shape index (κ1) is 19.5. The maximum Gasteiger partial charge on any atom is 0.277 e. The number of carbonyl (C=O) groups excluding carboxylic acids is 1. The van der Waals surface area contributed by atoms with Crippen LogP contribution in [0, 0.1) is 20.2 Å². The van der Waals surface area contributed by atoms with Crippen LogP contribution in [0.15, 0.2) is 48.5 Å². The molecule has 9 heteroatoms. The zero-order valence-corrected chi connectivity index (χ0v) is 17.1. The molecular formula is C22H17N3O5S. The highest BCUT2D eigenvalue weighted by Crippen LogP contribution is 2.44. The predicted molar refractivity (Wildman–Crippen MR) is 117 cm³/mol. The van der Waals surface area contributed by atoms with Crippen molar-refractivity contribution < 1.29 is 14.6 Å². The molecule has 0 N–H and O–H groups in total. The number of nitrogens with zero attached hydrogens (tertiary/aromatic N) is 3. The van der Waals surface area contributed by atoms with Crippen molar-refractivity contribution in [2.45, 2.75) is 18.2 Å². The number of benzene rings is 3. The third kappa shape index (κ3) is 3.21. The van der Waals surface area contributed by atoms with Crippen molar-refractivity contribution in [3.63, 3.8) is 0 Å². The Hall–Kier alpha value is -3.46. The lowest BCUT2D eigenvalue weighted by molar-refractivity contribution is -0.394. The molecule has 3 aromatic carbocycles. The maximum atomic E-state index is 13.3. The number of carbonyl (C=O) groups is 1. The minimum absolute atomic E-state index is 0.0423. The van der Waals surface area contributed by atoms with Crippen LogP contribution in [0.1, 0.15) is 32.4 Å². The van der Waals surface area contributed by atoms with E-state index in [4.69, 9.17) is 0 Å². The second-order valence-electron chi connectivity index (χ2n) is 7.63. The first-order valence-electron chi connectivity index (χ1n) is 9.84. The number of thioether (sulfide) groups is 1. The largest absolute Gasteiger partial charge is 0.322 e. The van der Waals surface area contributed by atoms with Crippen molar-refractivity contribution in [2.75, 3.05) is 12.3 Å². The van der Waals surface area contributed by atoms with Gasteiger partial charge >= 0.3 is 0 Å². The number of rotatable bonds is 4. The van der Waals surface area contributed by atoms with Crippen LogP contribution in [0.5, 0.6) is 0 Å². The van der Waals surface area contributed by atoms with Gasteiger partial charge in [-0.05, 0) is 40.3 Å². The number of non-ortho nitro benzene ring substituents is 2. The lowest BCUT2D eigenvalue weighted by atomic mass is 9.99. The Morgan fingerprint density at radius 2 is 1.65 bits per heavy atom. The minimum Gasteiger partial charge on any atom is -0.322 e. The van der Waals surface area contributed by atoms with E-state index >= 15 is 0 Å². The molecule has 8 nitrogen and oxygen atoms in total. The van der Waals surface area contributed by atoms with E-state index in [1.807, 2.05) is 6.07 Å². The van der Waals surface area contributed by atoms with E-state index < -0.39 is 27.1 Å². The van der Waals surface area contributed by atoms with Crippen LogP contribution in [0.25, 0.3) is 10.8 Å². The van der Waals surface area contributed by atoms with Crippen molar-refractivity contribution in [1.82, 2.24) is 4.90 Å². The molecular weight excluding hydrogens is 418 g/mol. The van der Waals surface area contributed by atoms with Gasteiger partial charge in [-0.3, -0.25) is 25.0 Å². The van der Waals surface area contributed by atoms with Gasteiger partial charge in [0.1, 0.15) is 5.37 Å². The second-order valence-corrected chi connectivity index (χ2v) is 8.82. The van der Waals surface area contributed by atoms with Crippen LogP contribution in [0.4, 0.5) is 11.4 Å². The number of nitro benzene ring substituents is 2. The predicted octanol–water partition coefficient (Wildman–Crippen LogP) is 4.64. The molecule has 31 heavy (non-hydrogen) atoms. The zero-order chi connectivity index (χ0) is 21.7. The quantitative estimate of drug-likeness (QED) is 0.436. The third-order valence-electron chi connectivity index (χ3n) is 5.90. The van der Waals surface area contributed by atoms with E-state index in [1.54, 1.807) is 16.7 Å². The average Bonchev–Trinajstić information content (AvgIpc) is 3.42. The summed E-state index contributed by atoms with van der Waals surface area (Å²) in [5.74, 6) is 0.279. The molecule has 0 spiro atoms. The van der Waals surface area contributed by atoms with Crippen LogP contribution in [-0.2, 0) is 12.8 Å². The highest BCUT2D eigenvalue weighted by Gasteiger charge is 2.34. The smallest absolute Gasteiger partial charge is 0.277 e. The summed E-state index contributed by atoms with van der Waals surface area (Å²) in [5.41, 5.74) is 2.67. The maximum absolute atomic E-state index is 13.3. The van der Waals surface area contributed by atoms with Crippen LogP contribution >= 0.6 is 11.8 Å². The Balaban J connectivity index is 1.57. The summed E-state index contributed by atoms with van der Waals surface area (Å²) < 4.78 is 0. The number of aryl methyl sites for hydroxylation is 2. The van der Waals surface area contributed by atoms with Crippen LogP contribution < -0.4 is 0 Å². The summed E-state index contributed by atoms with van der Waals surface area (Å²) in [6.07, 6.45) is 2.02. The van der Waals surface area contributed by atoms with Crippen molar-refractivity contribution in [2.24, 2.45) is 0 Å². The molecule has 0 aromatic heterocycles. The monoisotopic (exact) mass is 435 g/mol. The van der Waals surface area contributed by atoms with Crippen molar-refractivity contribution >= 4 is 39.8 Å². The standard InChI is InChI=1S/C22H17N3O5S/c26-21(15-10-16(24(27)28)12-17(11-15)25(29)30)23-8-9-31-22(23)19-7-6-14-5-4-13-2-1-3-18(19)20(13)14/h1-3,6-7,10-12,22H,4-5,8-9H2/t22-/m1/s1. The summed E-state index contributed by atoms with van der Waals surface area (Å²) in [5, 5.41) is 24.6. The highest BCUT2D eigenvalue weighted by molar-refractivity contribution is 7.99. The first-order chi connectivity index (χ1) is 14.9. The van der Waals surface area contributed by atoms with Crippen molar-refractivity contribution in [3.8, 4) is 0 Å². The molecule has 5 rings (SSSR count). The minimum atomic E-state index is -0.719. The molecule has 1 aliphatic heterocycles. The van der Waals surface area contributed by atoms with Gasteiger partial charge in [0, 0.05) is 24.4 Å². The first-order valence-corrected chi connectivity index (χ1v) is 10.9. The summed E-state index contributed by atoms with van der Waals surface area (Å²) in [7, 11) is 0. The Kier molecular flexibility index (Phi) is 4.62. The number of nitro groups is 2. The summed E-state index contributed by atoms with van der Waals surface area (Å²) >= 11 is 1.63. The molecule has 1 aliphatic carbocycles. The third-order valence-corrected chi connectivity index (χ3v) is 7.14. The van der Waals surface area contributed by atoms with E-state index in [9.17, 15) is 25.0 Å². The van der Waals surface area contributed by atoms with Gasteiger partial charge in [0.25, 0.3) is 17.3 Å². The molecule has 1 amide bonds. The molecule has 0 unspecified atom stereocenters. The molecule has 0 saturated carbocycles. The van der Waals surface area contributed by atoms with E-state index in [-0.39, 0.29) is 10.9 Å². The van der Waals surface area contributed by atoms with Crippen LogP contribution in [0.2, 0.25) is 0 Å². The molecule has 0 radical (unpaired) electrons. The normalized spacial score (nSPS) is 17.3. The molecule has 1 atom stereocenters. The van der Waals surface area contributed by atoms with Crippen molar-refractivity contribution in [1.29, 1.82) is 0 Å². The van der Waals surface area contributed by atoms with Gasteiger partial charge in [0.2, 0.25) is 0 Å². The Bertz CT molecular complexity index is 1230. The average molecular weight is 435 g/mol. The fourth-order valence-electron chi connectivity index (χ4n) is 4.52. The van der Waals surface area contributed by atoms with E-state index in [0.717, 1.165) is 47.7 Å². The van der Waals surface area contributed by atoms with Crippen LogP contribution in [0.3, 0.4) is 0 Å². The highest BCUT2D eigenvalue weighted by atomic mass is 32.2. The molecule has 1 heterocycles. The van der Waals surface area contributed by atoms with Gasteiger partial charge in [0.15, 0.2) is 0 Å². The number of hydrogen-bond acceptors (Lipinski definition) is 6. The van der Waals surface area contributed by atoms with E-state index in [1.165, 1.54) is 16.5 Å². The van der Waals surface area contributed by atoms with Crippen LogP contribution in [-0.4, -0.2) is 33.0 Å². The fraction of sp³-hybridized carbons (Fsp3) is 0.227. The lowest BCUT2D eigenvalue weighted by Crippen LogP contribution is -2.30. The van der Waals surface area contributed by atoms with Gasteiger partial charge in [-0.25, -0.2) is 0 Å². The Labute approximate surface area is 181 Å². The lowest BCUT2D eigenvalue weighted by Gasteiger charge is -2.25. The Morgan fingerprint density at radius 3 is 2.32 bits per heavy atom. The molecule has 2 aliphatic rings. The molecule has 1 fully saturated rings.